The van der Waals surface area contributed by atoms with Gasteiger partial charge in [-0.1, -0.05) is 5.92 Å². The van der Waals surface area contributed by atoms with Gasteiger partial charge in [0.25, 0.3) is 5.91 Å². The first-order valence-corrected chi connectivity index (χ1v) is 4.34. The molecule has 0 atom stereocenters. The molecule has 0 aliphatic carbocycles. The fourth-order valence-electron chi connectivity index (χ4n) is 1.25. The minimum absolute atomic E-state index is 0.602. The van der Waals surface area contributed by atoms with Gasteiger partial charge in [0.2, 0.25) is 0 Å². The van der Waals surface area contributed by atoms with E-state index in [-0.39, 0.29) is 0 Å². The Balaban J connectivity index is 2.48. The molecule has 1 aromatic heterocycles. The number of fused-ring (bicyclic) bond motifs is 1. The van der Waals surface area contributed by atoms with E-state index in [4.69, 9.17) is 10.2 Å². The Hall–Kier alpha value is -2.28. The zero-order chi connectivity index (χ0) is 10.8. The molecule has 0 aliphatic heterocycles. The molecule has 0 fully saturated rings. The van der Waals surface area contributed by atoms with Crippen LogP contribution in [0.2, 0.25) is 0 Å². The number of nitrogens with zero attached hydrogens (tertiary/aromatic N) is 1. The fourth-order valence-corrected chi connectivity index (χ4v) is 1.25. The molecule has 1 heterocycles. The summed E-state index contributed by atoms with van der Waals surface area (Å²) in [5.74, 6) is 4.86. The SMILES string of the molecule is Cc1nc2cc(C#CC(N)=O)ccc2o1. The number of rotatable bonds is 0. The van der Waals surface area contributed by atoms with Crippen LogP contribution in [0.25, 0.3) is 11.1 Å². The molecule has 15 heavy (non-hydrogen) atoms. The van der Waals surface area contributed by atoms with Crippen molar-refractivity contribution in [2.45, 2.75) is 6.92 Å². The van der Waals surface area contributed by atoms with Crippen LogP contribution in [0.15, 0.2) is 22.6 Å². The van der Waals surface area contributed by atoms with E-state index >= 15 is 0 Å². The molecule has 0 bridgehead atoms. The first kappa shape index (κ1) is 9.28. The van der Waals surface area contributed by atoms with Gasteiger partial charge in [-0.3, -0.25) is 4.79 Å². The molecular weight excluding hydrogens is 192 g/mol. The highest BCUT2D eigenvalue weighted by molar-refractivity contribution is 5.92. The van der Waals surface area contributed by atoms with E-state index in [2.05, 4.69) is 16.8 Å². The Kier molecular flexibility index (Phi) is 2.14. The van der Waals surface area contributed by atoms with Gasteiger partial charge in [-0.05, 0) is 24.1 Å². The Bertz CT molecular complexity index is 587. The number of carbonyl (C=O) groups excluding carboxylic acids is 1. The second-order valence-electron chi connectivity index (χ2n) is 3.03. The second kappa shape index (κ2) is 3.46. The van der Waals surface area contributed by atoms with Gasteiger partial charge in [-0.2, -0.15) is 0 Å². The van der Waals surface area contributed by atoms with Gasteiger partial charge in [0.1, 0.15) is 5.52 Å². The second-order valence-corrected chi connectivity index (χ2v) is 3.03. The average Bonchev–Trinajstić information content (AvgIpc) is 2.53. The van der Waals surface area contributed by atoms with Crippen LogP contribution >= 0.6 is 0 Å². The number of oxazole rings is 1. The third kappa shape index (κ3) is 1.97. The quantitative estimate of drug-likeness (QED) is 0.644. The molecule has 0 saturated heterocycles. The standard InChI is InChI=1S/C11H8N2O2/c1-7-13-9-6-8(3-5-11(12)14)2-4-10(9)15-7/h2,4,6H,1H3,(H2,12,14). The van der Waals surface area contributed by atoms with Crippen molar-refractivity contribution in [2.24, 2.45) is 5.73 Å². The summed E-state index contributed by atoms with van der Waals surface area (Å²) < 4.78 is 5.30. The van der Waals surface area contributed by atoms with Gasteiger partial charge < -0.3 is 10.2 Å². The lowest BCUT2D eigenvalue weighted by Gasteiger charge is -1.88. The maximum atomic E-state index is 10.5. The summed E-state index contributed by atoms with van der Waals surface area (Å²) in [6.45, 7) is 1.77. The number of carbonyl (C=O) groups is 1. The zero-order valence-corrected chi connectivity index (χ0v) is 8.07. The number of aromatic nitrogens is 1. The van der Waals surface area contributed by atoms with E-state index in [1.807, 2.05) is 0 Å². The van der Waals surface area contributed by atoms with Crippen LogP contribution in [-0.4, -0.2) is 10.9 Å². The van der Waals surface area contributed by atoms with E-state index in [0.29, 0.717) is 17.0 Å². The first-order chi connectivity index (χ1) is 7.15. The predicted molar refractivity (Wildman–Crippen MR) is 54.8 cm³/mol. The van der Waals surface area contributed by atoms with E-state index in [1.165, 1.54) is 0 Å². The van der Waals surface area contributed by atoms with Gasteiger partial charge in [0.05, 0.1) is 0 Å². The lowest BCUT2D eigenvalue weighted by molar-refractivity contribution is -0.112. The molecular formula is C11H8N2O2. The smallest absolute Gasteiger partial charge is 0.293 e. The molecule has 2 rings (SSSR count). The molecule has 74 valence electrons. The molecule has 1 aromatic carbocycles. The molecule has 0 radical (unpaired) electrons. The van der Waals surface area contributed by atoms with Crippen LogP contribution < -0.4 is 5.73 Å². The molecule has 0 saturated carbocycles. The lowest BCUT2D eigenvalue weighted by Crippen LogP contribution is -2.06. The Morgan fingerprint density at radius 2 is 2.33 bits per heavy atom. The summed E-state index contributed by atoms with van der Waals surface area (Å²) in [6, 6.07) is 5.27. The minimum atomic E-state index is -0.647. The summed E-state index contributed by atoms with van der Waals surface area (Å²) in [6.07, 6.45) is 0. The first-order valence-electron chi connectivity index (χ1n) is 4.34. The van der Waals surface area contributed by atoms with E-state index in [9.17, 15) is 4.79 Å². The zero-order valence-electron chi connectivity index (χ0n) is 8.07. The molecule has 2 aromatic rings. The number of hydrogen-bond donors (Lipinski definition) is 1. The topological polar surface area (TPSA) is 69.1 Å². The van der Waals surface area contributed by atoms with Gasteiger partial charge in [0.15, 0.2) is 11.5 Å². The van der Waals surface area contributed by atoms with Crippen molar-refractivity contribution in [2.75, 3.05) is 0 Å². The van der Waals surface area contributed by atoms with Gasteiger partial charge in [-0.25, -0.2) is 4.98 Å². The van der Waals surface area contributed by atoms with Crippen LogP contribution in [0.1, 0.15) is 11.5 Å². The Morgan fingerprint density at radius 1 is 1.53 bits per heavy atom. The molecule has 4 nitrogen and oxygen atoms in total. The minimum Gasteiger partial charge on any atom is -0.441 e. The van der Waals surface area contributed by atoms with Crippen LogP contribution in [0.3, 0.4) is 0 Å². The van der Waals surface area contributed by atoms with Crippen LogP contribution in [0.5, 0.6) is 0 Å². The summed E-state index contributed by atoms with van der Waals surface area (Å²) in [5.41, 5.74) is 7.03. The van der Waals surface area contributed by atoms with Crippen LogP contribution in [0, 0.1) is 18.8 Å². The largest absolute Gasteiger partial charge is 0.441 e. The molecule has 1 amide bonds. The van der Waals surface area contributed by atoms with E-state index < -0.39 is 5.91 Å². The number of amides is 1. The molecule has 0 spiro atoms. The van der Waals surface area contributed by atoms with Crippen molar-refractivity contribution in [3.8, 4) is 11.8 Å². The van der Waals surface area contributed by atoms with Crippen molar-refractivity contribution in [1.82, 2.24) is 4.98 Å². The van der Waals surface area contributed by atoms with E-state index in [0.717, 1.165) is 5.52 Å². The van der Waals surface area contributed by atoms with Gasteiger partial charge in [-0.15, -0.1) is 0 Å². The number of aryl methyl sites for hydroxylation is 1. The summed E-state index contributed by atoms with van der Waals surface area (Å²) >= 11 is 0. The maximum Gasteiger partial charge on any atom is 0.293 e. The van der Waals surface area contributed by atoms with E-state index in [1.54, 1.807) is 25.1 Å². The molecule has 2 N–H and O–H groups in total. The van der Waals surface area contributed by atoms with Crippen molar-refractivity contribution < 1.29 is 9.21 Å². The highest BCUT2D eigenvalue weighted by atomic mass is 16.3. The maximum absolute atomic E-state index is 10.5. The van der Waals surface area contributed by atoms with Crippen molar-refractivity contribution in [3.63, 3.8) is 0 Å². The van der Waals surface area contributed by atoms with Crippen molar-refractivity contribution >= 4 is 17.0 Å². The van der Waals surface area contributed by atoms with Crippen LogP contribution in [0.4, 0.5) is 0 Å². The summed E-state index contributed by atoms with van der Waals surface area (Å²) in [4.78, 5) is 14.6. The molecule has 0 unspecified atom stereocenters. The molecule has 0 aliphatic rings. The number of benzene rings is 1. The Labute approximate surface area is 86.1 Å². The van der Waals surface area contributed by atoms with Gasteiger partial charge in [0, 0.05) is 12.5 Å². The summed E-state index contributed by atoms with van der Waals surface area (Å²) in [7, 11) is 0. The third-order valence-electron chi connectivity index (χ3n) is 1.82. The highest BCUT2D eigenvalue weighted by Gasteiger charge is 2.01. The van der Waals surface area contributed by atoms with Gasteiger partial charge >= 0.3 is 0 Å². The van der Waals surface area contributed by atoms with Crippen molar-refractivity contribution in [3.05, 3.63) is 29.7 Å². The lowest BCUT2D eigenvalue weighted by atomic mass is 10.2. The number of hydrogen-bond acceptors (Lipinski definition) is 3. The normalized spacial score (nSPS) is 9.67. The predicted octanol–water partition coefficient (Wildman–Crippen LogP) is 0.973. The molecule has 4 heteroatoms. The highest BCUT2D eigenvalue weighted by Crippen LogP contribution is 2.15. The number of nitrogens with two attached hydrogens (primary N) is 1. The van der Waals surface area contributed by atoms with Crippen molar-refractivity contribution in [1.29, 1.82) is 0 Å². The monoisotopic (exact) mass is 200 g/mol. The summed E-state index contributed by atoms with van der Waals surface area (Å²) in [5, 5.41) is 0. The Morgan fingerprint density at radius 3 is 3.07 bits per heavy atom. The fraction of sp³-hybridized carbons (Fsp3) is 0.0909. The average molecular weight is 200 g/mol. The van der Waals surface area contributed by atoms with Crippen LogP contribution in [-0.2, 0) is 4.79 Å². The third-order valence-corrected chi connectivity index (χ3v) is 1.82. The number of primary amides is 1.